The summed E-state index contributed by atoms with van der Waals surface area (Å²) in [5.74, 6) is -0.0265. The van der Waals surface area contributed by atoms with Crippen molar-refractivity contribution in [2.24, 2.45) is 5.73 Å². The molecule has 0 aliphatic carbocycles. The van der Waals surface area contributed by atoms with Crippen LogP contribution in [0.2, 0.25) is 0 Å². The minimum absolute atomic E-state index is 0. The summed E-state index contributed by atoms with van der Waals surface area (Å²) < 4.78 is 0. The molecule has 0 aliphatic rings. The smallest absolute Gasteiger partial charge is 0.254 e. The van der Waals surface area contributed by atoms with Crippen molar-refractivity contribution in [3.05, 3.63) is 58.9 Å². The number of H-pyrrole nitrogens is 1. The average molecular weight is 410 g/mol. The topological polar surface area (TPSA) is 87.9 Å². The summed E-state index contributed by atoms with van der Waals surface area (Å²) in [7, 11) is 0. The highest BCUT2D eigenvalue weighted by Gasteiger charge is 2.21. The molecule has 2 heterocycles. The van der Waals surface area contributed by atoms with Gasteiger partial charge in [-0.15, -0.1) is 24.8 Å². The fraction of sp³-hybridized carbons (Fsp3) is 0.316. The summed E-state index contributed by atoms with van der Waals surface area (Å²) in [4.78, 5) is 19.4. The molecule has 146 valence electrons. The molecule has 27 heavy (non-hydrogen) atoms. The predicted octanol–water partition coefficient (Wildman–Crippen LogP) is 3.06. The minimum atomic E-state index is -0.0265. The second-order valence-corrected chi connectivity index (χ2v) is 6.17. The summed E-state index contributed by atoms with van der Waals surface area (Å²) in [6.07, 6.45) is 0.796. The van der Waals surface area contributed by atoms with E-state index in [0.29, 0.717) is 30.8 Å². The Hall–Kier alpha value is -2.15. The number of amides is 1. The quantitative estimate of drug-likeness (QED) is 0.654. The Bertz CT molecular complexity index is 882. The van der Waals surface area contributed by atoms with E-state index in [1.807, 2.05) is 43.0 Å². The Balaban J connectivity index is 0.00000182. The Morgan fingerprint density at radius 2 is 1.85 bits per heavy atom. The van der Waals surface area contributed by atoms with Gasteiger partial charge in [0.05, 0.1) is 10.9 Å². The number of aromatic nitrogens is 3. The molecule has 0 atom stereocenters. The second-order valence-electron chi connectivity index (χ2n) is 6.17. The number of hydrogen-bond acceptors (Lipinski definition) is 4. The summed E-state index contributed by atoms with van der Waals surface area (Å²) in [5, 5.41) is 7.90. The molecule has 0 radical (unpaired) electrons. The van der Waals surface area contributed by atoms with Gasteiger partial charge in [-0.1, -0.05) is 30.3 Å². The van der Waals surface area contributed by atoms with Crippen molar-refractivity contribution < 1.29 is 4.79 Å². The van der Waals surface area contributed by atoms with Gasteiger partial charge in [0.25, 0.3) is 5.91 Å². The number of benzene rings is 1. The molecule has 0 bridgehead atoms. The largest absolute Gasteiger partial charge is 0.337 e. The highest BCUT2D eigenvalue weighted by molar-refractivity contribution is 6.06. The van der Waals surface area contributed by atoms with E-state index in [-0.39, 0.29) is 30.7 Å². The molecule has 1 amide bonds. The number of pyridine rings is 1. The van der Waals surface area contributed by atoms with Crippen LogP contribution in [0.25, 0.3) is 11.0 Å². The number of aryl methyl sites for hydroxylation is 2. The Morgan fingerprint density at radius 1 is 1.15 bits per heavy atom. The lowest BCUT2D eigenvalue weighted by atomic mass is 10.1. The van der Waals surface area contributed by atoms with Crippen molar-refractivity contribution in [1.82, 2.24) is 20.1 Å². The van der Waals surface area contributed by atoms with Gasteiger partial charge in [-0.25, -0.2) is 4.98 Å². The number of nitrogens with two attached hydrogens (primary N) is 1. The third kappa shape index (κ3) is 5.19. The first-order valence-electron chi connectivity index (χ1n) is 8.45. The molecule has 0 unspecified atom stereocenters. The molecule has 3 rings (SSSR count). The molecule has 8 heteroatoms. The maximum Gasteiger partial charge on any atom is 0.254 e. The van der Waals surface area contributed by atoms with Gasteiger partial charge in [0.1, 0.15) is 0 Å². The van der Waals surface area contributed by atoms with Crippen LogP contribution in [0.15, 0.2) is 36.4 Å². The zero-order valence-corrected chi connectivity index (χ0v) is 17.1. The normalized spacial score (nSPS) is 10.2. The Morgan fingerprint density at radius 3 is 2.52 bits per heavy atom. The molecule has 3 N–H and O–H groups in total. The number of nitrogens with zero attached hydrogens (tertiary/aromatic N) is 3. The monoisotopic (exact) mass is 409 g/mol. The van der Waals surface area contributed by atoms with Crippen LogP contribution >= 0.6 is 24.8 Å². The van der Waals surface area contributed by atoms with Gasteiger partial charge < -0.3 is 10.6 Å². The van der Waals surface area contributed by atoms with Crippen molar-refractivity contribution in [2.45, 2.75) is 20.3 Å². The van der Waals surface area contributed by atoms with Crippen LogP contribution in [-0.4, -0.2) is 45.6 Å². The predicted molar refractivity (Wildman–Crippen MR) is 113 cm³/mol. The number of nitrogens with one attached hydrogen (secondary N) is 1. The molecule has 0 saturated heterocycles. The van der Waals surface area contributed by atoms with Crippen molar-refractivity contribution in [2.75, 3.05) is 19.6 Å². The second kappa shape index (κ2) is 10.3. The number of hydrogen-bond donors (Lipinski definition) is 2. The van der Waals surface area contributed by atoms with Gasteiger partial charge >= 0.3 is 0 Å². The third-order valence-corrected chi connectivity index (χ3v) is 4.26. The Kier molecular flexibility index (Phi) is 8.69. The van der Waals surface area contributed by atoms with Gasteiger partial charge in [-0.3, -0.25) is 9.89 Å². The average Bonchev–Trinajstić information content (AvgIpc) is 2.99. The molecule has 0 aliphatic heterocycles. The van der Waals surface area contributed by atoms with Crippen molar-refractivity contribution in [1.29, 1.82) is 0 Å². The molecule has 1 aromatic carbocycles. The number of carbonyl (C=O) groups is 1. The number of aromatic amines is 1. The van der Waals surface area contributed by atoms with Crippen molar-refractivity contribution >= 4 is 41.8 Å². The standard InChI is InChI=1S/C19H23N5O.2ClH/c1-13-12-16(17-14(2)22-23-18(17)21-13)19(25)24(11-9-20)10-8-15-6-4-3-5-7-15;;/h3-7,12H,8-11,20H2,1-2H3,(H,21,22,23);2*1H. The molecule has 3 aromatic rings. The minimum Gasteiger partial charge on any atom is -0.337 e. The van der Waals surface area contributed by atoms with Crippen LogP contribution in [-0.2, 0) is 6.42 Å². The van der Waals surface area contributed by atoms with Gasteiger partial charge in [0.15, 0.2) is 5.65 Å². The Labute approximate surface area is 171 Å². The molecule has 0 spiro atoms. The zero-order chi connectivity index (χ0) is 17.8. The first-order chi connectivity index (χ1) is 12.1. The third-order valence-electron chi connectivity index (χ3n) is 4.26. The van der Waals surface area contributed by atoms with Crippen molar-refractivity contribution in [3.63, 3.8) is 0 Å². The summed E-state index contributed by atoms with van der Waals surface area (Å²) in [6, 6.07) is 12.0. The van der Waals surface area contributed by atoms with Crippen LogP contribution in [0.3, 0.4) is 0 Å². The SMILES string of the molecule is Cc1cc(C(=O)N(CCN)CCc2ccccc2)c2c(C)[nH]nc2n1.Cl.Cl. The lowest BCUT2D eigenvalue weighted by Crippen LogP contribution is -2.37. The highest BCUT2D eigenvalue weighted by Crippen LogP contribution is 2.21. The van der Waals surface area contributed by atoms with Gasteiger partial charge in [-0.05, 0) is 31.9 Å². The molecular weight excluding hydrogens is 385 g/mol. The number of halogens is 2. The number of rotatable bonds is 6. The molecule has 0 saturated carbocycles. The van der Waals surface area contributed by atoms with Gasteiger partial charge in [-0.2, -0.15) is 5.10 Å². The highest BCUT2D eigenvalue weighted by atomic mass is 35.5. The maximum atomic E-state index is 13.2. The fourth-order valence-electron chi connectivity index (χ4n) is 3.02. The first-order valence-corrected chi connectivity index (χ1v) is 8.45. The van der Waals surface area contributed by atoms with Crippen LogP contribution in [0, 0.1) is 13.8 Å². The lowest BCUT2D eigenvalue weighted by Gasteiger charge is -2.23. The molecule has 0 fully saturated rings. The van der Waals surface area contributed by atoms with E-state index >= 15 is 0 Å². The van der Waals surface area contributed by atoms with Crippen LogP contribution < -0.4 is 5.73 Å². The van der Waals surface area contributed by atoms with E-state index < -0.39 is 0 Å². The maximum absolute atomic E-state index is 13.2. The molecular formula is C19H25Cl2N5O. The van der Waals surface area contributed by atoms with Gasteiger partial charge in [0, 0.05) is 31.0 Å². The van der Waals surface area contributed by atoms with Crippen LogP contribution in [0.4, 0.5) is 0 Å². The summed E-state index contributed by atoms with van der Waals surface area (Å²) in [6.45, 7) is 5.35. The first kappa shape index (κ1) is 22.9. The number of fused-ring (bicyclic) bond motifs is 1. The molecule has 2 aromatic heterocycles. The summed E-state index contributed by atoms with van der Waals surface area (Å²) in [5.41, 5.74) is 9.78. The van der Waals surface area contributed by atoms with Crippen LogP contribution in [0.1, 0.15) is 27.3 Å². The lowest BCUT2D eigenvalue weighted by molar-refractivity contribution is 0.0764. The fourth-order valence-corrected chi connectivity index (χ4v) is 3.02. The van der Waals surface area contributed by atoms with E-state index in [4.69, 9.17) is 5.73 Å². The van der Waals surface area contributed by atoms with Crippen molar-refractivity contribution in [3.8, 4) is 0 Å². The van der Waals surface area contributed by atoms with E-state index in [2.05, 4.69) is 27.3 Å². The van der Waals surface area contributed by atoms with E-state index in [1.54, 1.807) is 0 Å². The molecule has 6 nitrogen and oxygen atoms in total. The van der Waals surface area contributed by atoms with E-state index in [9.17, 15) is 4.79 Å². The zero-order valence-electron chi connectivity index (χ0n) is 15.4. The van der Waals surface area contributed by atoms with E-state index in [1.165, 1.54) is 5.56 Å². The van der Waals surface area contributed by atoms with Gasteiger partial charge in [0.2, 0.25) is 0 Å². The number of carbonyl (C=O) groups excluding carboxylic acids is 1. The summed E-state index contributed by atoms with van der Waals surface area (Å²) >= 11 is 0. The van der Waals surface area contributed by atoms with Crippen LogP contribution in [0.5, 0.6) is 0 Å². The van der Waals surface area contributed by atoms with E-state index in [0.717, 1.165) is 23.2 Å².